The molecule has 5 nitrogen and oxygen atoms in total. The van der Waals surface area contributed by atoms with Gasteiger partial charge in [0.25, 0.3) is 0 Å². The molecule has 3 rings (SSSR count). The minimum atomic E-state index is -0.571. The summed E-state index contributed by atoms with van der Waals surface area (Å²) in [6.07, 6.45) is 6.86. The Morgan fingerprint density at radius 1 is 1.32 bits per heavy atom. The van der Waals surface area contributed by atoms with E-state index in [1.807, 2.05) is 26.0 Å². The van der Waals surface area contributed by atoms with Crippen molar-refractivity contribution in [3.8, 4) is 0 Å². The van der Waals surface area contributed by atoms with Crippen molar-refractivity contribution in [2.45, 2.75) is 57.8 Å². The summed E-state index contributed by atoms with van der Waals surface area (Å²) in [6.45, 7) is 4.06. The zero-order valence-corrected chi connectivity index (χ0v) is 16.4. The van der Waals surface area contributed by atoms with E-state index in [0.29, 0.717) is 24.8 Å². The topological polar surface area (TPSA) is 72.8 Å². The van der Waals surface area contributed by atoms with Crippen LogP contribution in [0.15, 0.2) is 54.1 Å². The van der Waals surface area contributed by atoms with E-state index < -0.39 is 6.10 Å². The molecule has 2 aliphatic rings. The van der Waals surface area contributed by atoms with Crippen LogP contribution in [0, 0.1) is 11.8 Å². The number of benzene rings is 1. The maximum atomic E-state index is 12.5. The van der Waals surface area contributed by atoms with Gasteiger partial charge in [-0.25, -0.2) is 4.79 Å². The smallest absolute Gasteiger partial charge is 0.338 e. The molecule has 2 fully saturated rings. The second-order valence-corrected chi connectivity index (χ2v) is 7.83. The summed E-state index contributed by atoms with van der Waals surface area (Å²) in [4.78, 5) is 24.1. The van der Waals surface area contributed by atoms with Crippen LogP contribution in [0.2, 0.25) is 0 Å². The monoisotopic (exact) mass is 384 g/mol. The Labute approximate surface area is 166 Å². The van der Waals surface area contributed by atoms with Crippen molar-refractivity contribution in [2.75, 3.05) is 0 Å². The number of carbonyl (C=O) groups excluding carboxylic acids is 2. The molecular weight excluding hydrogens is 356 g/mol. The minimum absolute atomic E-state index is 0.0118. The molecule has 1 saturated heterocycles. The molecule has 150 valence electrons. The highest BCUT2D eigenvalue weighted by molar-refractivity contribution is 5.89. The van der Waals surface area contributed by atoms with Crippen LogP contribution in [-0.4, -0.2) is 35.4 Å². The number of ether oxygens (including phenoxy) is 2. The van der Waals surface area contributed by atoms with E-state index in [1.54, 1.807) is 30.3 Å². The zero-order valence-electron chi connectivity index (χ0n) is 16.4. The van der Waals surface area contributed by atoms with Gasteiger partial charge >= 0.3 is 11.9 Å². The first-order chi connectivity index (χ1) is 13.4. The lowest BCUT2D eigenvalue weighted by molar-refractivity contribution is -0.141. The Balaban J connectivity index is 1.67. The second-order valence-electron chi connectivity index (χ2n) is 7.83. The molecule has 1 aliphatic carbocycles. The number of esters is 2. The number of aliphatic hydroxyl groups is 1. The standard InChI is InChI=1S/C23H28O5/c1-15(2)7-6-10-17(24)11-12-18-19-13-22(25)27-21(19)14-20(18)28-23(26)16-8-4-3-5-9-16/h3-5,7-9,11-12,17-21,24H,6,10,13-14H2,1-2H3/t17?,18-,19-,20?,21+/m1/s1. The number of hydrogen-bond donors (Lipinski definition) is 1. The van der Waals surface area contributed by atoms with E-state index in [1.165, 1.54) is 5.57 Å². The fraction of sp³-hybridized carbons (Fsp3) is 0.478. The van der Waals surface area contributed by atoms with E-state index in [9.17, 15) is 14.7 Å². The molecule has 1 aliphatic heterocycles. The second kappa shape index (κ2) is 9.20. The van der Waals surface area contributed by atoms with E-state index in [2.05, 4.69) is 6.08 Å². The van der Waals surface area contributed by atoms with E-state index in [4.69, 9.17) is 9.47 Å². The van der Waals surface area contributed by atoms with Crippen molar-refractivity contribution in [3.63, 3.8) is 0 Å². The summed E-state index contributed by atoms with van der Waals surface area (Å²) in [6, 6.07) is 8.87. The summed E-state index contributed by atoms with van der Waals surface area (Å²) in [5.74, 6) is -0.728. The third-order valence-corrected chi connectivity index (χ3v) is 5.39. The highest BCUT2D eigenvalue weighted by atomic mass is 16.6. The van der Waals surface area contributed by atoms with Crippen LogP contribution in [0.25, 0.3) is 0 Å². The third kappa shape index (κ3) is 5.10. The molecule has 5 atom stereocenters. The number of rotatable bonds is 7. The van der Waals surface area contributed by atoms with Gasteiger partial charge in [0.2, 0.25) is 0 Å². The molecule has 1 heterocycles. The maximum absolute atomic E-state index is 12.5. The number of fused-ring (bicyclic) bond motifs is 1. The van der Waals surface area contributed by atoms with Crippen LogP contribution in [0.3, 0.4) is 0 Å². The van der Waals surface area contributed by atoms with Gasteiger partial charge in [0.05, 0.1) is 18.1 Å². The lowest BCUT2D eigenvalue weighted by Crippen LogP contribution is -2.25. The first-order valence-electron chi connectivity index (χ1n) is 9.89. The van der Waals surface area contributed by atoms with Gasteiger partial charge in [-0.1, -0.05) is 42.0 Å². The molecule has 0 aromatic heterocycles. The molecule has 5 heteroatoms. The predicted octanol–water partition coefficient (Wildman–Crippen LogP) is 3.83. The third-order valence-electron chi connectivity index (χ3n) is 5.39. The SMILES string of the molecule is CC(C)=CCCC(O)C=C[C@H]1C(OC(=O)c2ccccc2)C[C@@H]2OC(=O)C[C@@H]21. The molecule has 0 bridgehead atoms. The Kier molecular flexibility index (Phi) is 6.68. The average molecular weight is 384 g/mol. The normalized spacial score (nSPS) is 27.3. The Hall–Kier alpha value is -2.40. The van der Waals surface area contributed by atoms with Gasteiger partial charge in [0.15, 0.2) is 0 Å². The summed E-state index contributed by atoms with van der Waals surface area (Å²) in [7, 11) is 0. The van der Waals surface area contributed by atoms with Gasteiger partial charge in [-0.15, -0.1) is 0 Å². The van der Waals surface area contributed by atoms with Gasteiger partial charge in [0.1, 0.15) is 12.2 Å². The minimum Gasteiger partial charge on any atom is -0.462 e. The predicted molar refractivity (Wildman–Crippen MR) is 106 cm³/mol. The molecular formula is C23H28O5. The Bertz CT molecular complexity index is 748. The lowest BCUT2D eigenvalue weighted by Gasteiger charge is -2.20. The fourth-order valence-corrected chi connectivity index (χ4v) is 3.97. The van der Waals surface area contributed by atoms with Crippen LogP contribution >= 0.6 is 0 Å². The molecule has 1 saturated carbocycles. The van der Waals surface area contributed by atoms with Crippen molar-refractivity contribution in [1.82, 2.24) is 0 Å². The molecule has 0 spiro atoms. The first-order valence-corrected chi connectivity index (χ1v) is 9.89. The summed E-state index contributed by atoms with van der Waals surface area (Å²) >= 11 is 0. The molecule has 1 aromatic carbocycles. The average Bonchev–Trinajstić information content (AvgIpc) is 3.16. The van der Waals surface area contributed by atoms with E-state index in [-0.39, 0.29) is 36.0 Å². The van der Waals surface area contributed by atoms with Gasteiger partial charge < -0.3 is 14.6 Å². The van der Waals surface area contributed by atoms with Crippen molar-refractivity contribution in [2.24, 2.45) is 11.8 Å². The van der Waals surface area contributed by atoms with Crippen molar-refractivity contribution in [1.29, 1.82) is 0 Å². The number of carbonyl (C=O) groups is 2. The fourth-order valence-electron chi connectivity index (χ4n) is 3.97. The number of hydrogen-bond acceptors (Lipinski definition) is 5. The molecule has 28 heavy (non-hydrogen) atoms. The molecule has 0 amide bonds. The van der Waals surface area contributed by atoms with Crippen LogP contribution in [0.5, 0.6) is 0 Å². The Morgan fingerprint density at radius 3 is 2.79 bits per heavy atom. The van der Waals surface area contributed by atoms with Crippen LogP contribution in [0.4, 0.5) is 0 Å². The van der Waals surface area contributed by atoms with Crippen molar-refractivity contribution in [3.05, 3.63) is 59.7 Å². The van der Waals surface area contributed by atoms with E-state index in [0.717, 1.165) is 6.42 Å². The highest BCUT2D eigenvalue weighted by Gasteiger charge is 2.50. The quantitative estimate of drug-likeness (QED) is 0.571. The van der Waals surface area contributed by atoms with Crippen LogP contribution in [-0.2, 0) is 14.3 Å². The zero-order chi connectivity index (χ0) is 20.1. The molecule has 1 N–H and O–H groups in total. The van der Waals surface area contributed by atoms with Crippen LogP contribution in [0.1, 0.15) is 49.9 Å². The van der Waals surface area contributed by atoms with Crippen molar-refractivity contribution >= 4 is 11.9 Å². The maximum Gasteiger partial charge on any atom is 0.338 e. The molecule has 1 aromatic rings. The van der Waals surface area contributed by atoms with Gasteiger partial charge in [-0.3, -0.25) is 4.79 Å². The van der Waals surface area contributed by atoms with Gasteiger partial charge in [0, 0.05) is 18.3 Å². The lowest BCUT2D eigenvalue weighted by atomic mass is 9.91. The molecule has 2 unspecified atom stereocenters. The molecule has 0 radical (unpaired) electrons. The number of allylic oxidation sites excluding steroid dienone is 2. The first kappa shape index (κ1) is 20.3. The summed E-state index contributed by atoms with van der Waals surface area (Å²) in [5.41, 5.74) is 1.73. The number of aliphatic hydroxyl groups excluding tert-OH is 1. The summed E-state index contributed by atoms with van der Waals surface area (Å²) in [5, 5.41) is 10.2. The van der Waals surface area contributed by atoms with Gasteiger partial charge in [-0.2, -0.15) is 0 Å². The van der Waals surface area contributed by atoms with E-state index >= 15 is 0 Å². The van der Waals surface area contributed by atoms with Crippen LogP contribution < -0.4 is 0 Å². The summed E-state index contributed by atoms with van der Waals surface area (Å²) < 4.78 is 11.2. The highest BCUT2D eigenvalue weighted by Crippen LogP contribution is 2.43. The van der Waals surface area contributed by atoms with Crippen molar-refractivity contribution < 1.29 is 24.2 Å². The largest absolute Gasteiger partial charge is 0.462 e. The van der Waals surface area contributed by atoms with Gasteiger partial charge in [-0.05, 0) is 38.8 Å². The Morgan fingerprint density at radius 2 is 2.07 bits per heavy atom.